The first-order valence-electron chi connectivity index (χ1n) is 9.48. The molecule has 0 unspecified atom stereocenters. The van der Waals surface area contributed by atoms with Gasteiger partial charge in [-0.25, -0.2) is 19.2 Å². The number of rotatable bonds is 4. The number of anilines is 1. The second kappa shape index (κ2) is 7.77. The standard InChI is InChI=1S/C22H16BrN7O/c1-14-3-2-4-21(26-14)30-19(15-5-10-20-24-13-25-29(20)12-15)11-18(28-30)22(31)27-17-8-6-16(23)7-9-17/h2-13H,1H3,(H,27,31). The van der Waals surface area contributed by atoms with Gasteiger partial charge in [0.2, 0.25) is 0 Å². The van der Waals surface area contributed by atoms with Crippen LogP contribution in [-0.4, -0.2) is 35.3 Å². The van der Waals surface area contributed by atoms with Gasteiger partial charge in [-0.15, -0.1) is 0 Å². The Morgan fingerprint density at radius 2 is 1.90 bits per heavy atom. The number of carbonyl (C=O) groups is 1. The van der Waals surface area contributed by atoms with Gasteiger partial charge in [-0.2, -0.15) is 10.2 Å². The van der Waals surface area contributed by atoms with E-state index in [0.717, 1.165) is 27.1 Å². The van der Waals surface area contributed by atoms with Crippen molar-refractivity contribution in [1.29, 1.82) is 0 Å². The molecule has 0 saturated carbocycles. The molecule has 31 heavy (non-hydrogen) atoms. The van der Waals surface area contributed by atoms with Crippen LogP contribution in [0.5, 0.6) is 0 Å². The predicted octanol–water partition coefficient (Wildman–Crippen LogP) is 4.30. The van der Waals surface area contributed by atoms with Crippen LogP contribution in [0.15, 0.2) is 77.7 Å². The second-order valence-corrected chi connectivity index (χ2v) is 7.82. The summed E-state index contributed by atoms with van der Waals surface area (Å²) in [4.78, 5) is 21.7. The first-order valence-corrected chi connectivity index (χ1v) is 10.3. The van der Waals surface area contributed by atoms with Gasteiger partial charge < -0.3 is 5.32 Å². The number of hydrogen-bond donors (Lipinski definition) is 1. The van der Waals surface area contributed by atoms with Crippen LogP contribution in [0.3, 0.4) is 0 Å². The molecule has 0 saturated heterocycles. The van der Waals surface area contributed by atoms with Crippen LogP contribution in [0.1, 0.15) is 16.2 Å². The Kier molecular flexibility index (Phi) is 4.79. The Labute approximate surface area is 185 Å². The van der Waals surface area contributed by atoms with E-state index in [2.05, 4.69) is 41.4 Å². The summed E-state index contributed by atoms with van der Waals surface area (Å²) < 4.78 is 4.28. The van der Waals surface area contributed by atoms with Gasteiger partial charge in [-0.05, 0) is 61.5 Å². The summed E-state index contributed by atoms with van der Waals surface area (Å²) in [6.45, 7) is 1.91. The summed E-state index contributed by atoms with van der Waals surface area (Å²) in [5.41, 5.74) is 4.10. The van der Waals surface area contributed by atoms with Crippen molar-refractivity contribution < 1.29 is 4.79 Å². The first kappa shape index (κ1) is 19.1. The summed E-state index contributed by atoms with van der Waals surface area (Å²) in [6.07, 6.45) is 3.34. The Balaban J connectivity index is 1.59. The van der Waals surface area contributed by atoms with Crippen molar-refractivity contribution in [2.24, 2.45) is 0 Å². The maximum absolute atomic E-state index is 12.9. The van der Waals surface area contributed by atoms with E-state index in [1.807, 2.05) is 67.7 Å². The zero-order valence-electron chi connectivity index (χ0n) is 16.4. The topological polar surface area (TPSA) is 90.0 Å². The number of carbonyl (C=O) groups excluding carboxylic acids is 1. The van der Waals surface area contributed by atoms with Crippen molar-refractivity contribution in [2.75, 3.05) is 5.32 Å². The lowest BCUT2D eigenvalue weighted by molar-refractivity contribution is 0.102. The van der Waals surface area contributed by atoms with E-state index in [4.69, 9.17) is 0 Å². The van der Waals surface area contributed by atoms with Crippen LogP contribution in [0.4, 0.5) is 5.69 Å². The Morgan fingerprint density at radius 1 is 1.06 bits per heavy atom. The number of fused-ring (bicyclic) bond motifs is 1. The molecule has 1 N–H and O–H groups in total. The lowest BCUT2D eigenvalue weighted by Crippen LogP contribution is -2.13. The number of hydrogen-bond acceptors (Lipinski definition) is 5. The molecule has 9 heteroatoms. The van der Waals surface area contributed by atoms with Crippen LogP contribution in [0.2, 0.25) is 0 Å². The van der Waals surface area contributed by atoms with E-state index >= 15 is 0 Å². The molecule has 4 heterocycles. The van der Waals surface area contributed by atoms with Gasteiger partial charge in [0, 0.05) is 27.6 Å². The van der Waals surface area contributed by atoms with Crippen molar-refractivity contribution in [3.05, 3.63) is 89.0 Å². The molecule has 5 aromatic rings. The minimum atomic E-state index is -0.309. The van der Waals surface area contributed by atoms with Gasteiger partial charge in [0.05, 0.1) is 5.69 Å². The Bertz CT molecular complexity index is 1410. The van der Waals surface area contributed by atoms with Gasteiger partial charge in [0.1, 0.15) is 6.33 Å². The van der Waals surface area contributed by atoms with Crippen LogP contribution < -0.4 is 5.32 Å². The van der Waals surface area contributed by atoms with Crippen molar-refractivity contribution in [2.45, 2.75) is 6.92 Å². The van der Waals surface area contributed by atoms with E-state index in [0.29, 0.717) is 11.5 Å². The number of nitrogens with zero attached hydrogens (tertiary/aromatic N) is 6. The summed E-state index contributed by atoms with van der Waals surface area (Å²) in [7, 11) is 0. The fourth-order valence-electron chi connectivity index (χ4n) is 3.22. The van der Waals surface area contributed by atoms with E-state index in [1.165, 1.54) is 6.33 Å². The zero-order valence-corrected chi connectivity index (χ0v) is 18.0. The van der Waals surface area contributed by atoms with Gasteiger partial charge in [0.15, 0.2) is 17.2 Å². The molecule has 0 aliphatic carbocycles. The fourth-order valence-corrected chi connectivity index (χ4v) is 3.48. The molecule has 0 fully saturated rings. The minimum Gasteiger partial charge on any atom is -0.321 e. The Hall–Kier alpha value is -3.85. The molecule has 0 aliphatic rings. The highest BCUT2D eigenvalue weighted by atomic mass is 79.9. The molecule has 1 aromatic carbocycles. The van der Waals surface area contributed by atoms with Gasteiger partial charge in [0.25, 0.3) is 5.91 Å². The number of amides is 1. The molecule has 8 nitrogen and oxygen atoms in total. The van der Waals surface area contributed by atoms with Crippen molar-refractivity contribution in [3.8, 4) is 17.1 Å². The molecule has 0 spiro atoms. The number of pyridine rings is 2. The molecule has 0 atom stereocenters. The molecule has 0 bridgehead atoms. The average Bonchev–Trinajstić information content (AvgIpc) is 3.42. The highest BCUT2D eigenvalue weighted by Crippen LogP contribution is 2.24. The van der Waals surface area contributed by atoms with Crippen molar-refractivity contribution in [3.63, 3.8) is 0 Å². The smallest absolute Gasteiger partial charge is 0.276 e. The predicted molar refractivity (Wildman–Crippen MR) is 120 cm³/mol. The monoisotopic (exact) mass is 473 g/mol. The summed E-state index contributed by atoms with van der Waals surface area (Å²) in [5.74, 6) is 0.313. The van der Waals surface area contributed by atoms with Crippen LogP contribution >= 0.6 is 15.9 Å². The normalized spacial score (nSPS) is 11.0. The minimum absolute atomic E-state index is 0.278. The van der Waals surface area contributed by atoms with Gasteiger partial charge >= 0.3 is 0 Å². The highest BCUT2D eigenvalue weighted by molar-refractivity contribution is 9.10. The summed E-state index contributed by atoms with van der Waals surface area (Å²) >= 11 is 3.39. The third-order valence-electron chi connectivity index (χ3n) is 4.70. The van der Waals surface area contributed by atoms with E-state index in [-0.39, 0.29) is 11.6 Å². The number of benzene rings is 1. The third kappa shape index (κ3) is 3.82. The quantitative estimate of drug-likeness (QED) is 0.420. The number of aromatic nitrogens is 6. The number of nitrogens with one attached hydrogen (secondary N) is 1. The van der Waals surface area contributed by atoms with Crippen molar-refractivity contribution >= 4 is 33.2 Å². The average molecular weight is 474 g/mol. The fraction of sp³-hybridized carbons (Fsp3) is 0.0455. The molecule has 0 radical (unpaired) electrons. The molecule has 1 amide bonds. The summed E-state index contributed by atoms with van der Waals surface area (Å²) in [5, 5.41) is 11.7. The Morgan fingerprint density at radius 3 is 2.71 bits per heavy atom. The lowest BCUT2D eigenvalue weighted by Gasteiger charge is -2.07. The van der Waals surface area contributed by atoms with Crippen LogP contribution in [0, 0.1) is 6.92 Å². The highest BCUT2D eigenvalue weighted by Gasteiger charge is 2.18. The molecule has 0 aliphatic heterocycles. The number of halogens is 1. The SMILES string of the molecule is Cc1cccc(-n2nc(C(=O)Nc3ccc(Br)cc3)cc2-c2ccc3ncnn3c2)n1. The third-order valence-corrected chi connectivity index (χ3v) is 5.23. The molecule has 152 valence electrons. The van der Waals surface area contributed by atoms with Crippen LogP contribution in [-0.2, 0) is 0 Å². The maximum atomic E-state index is 12.9. The van der Waals surface area contributed by atoms with E-state index in [9.17, 15) is 4.79 Å². The van der Waals surface area contributed by atoms with Crippen LogP contribution in [0.25, 0.3) is 22.7 Å². The maximum Gasteiger partial charge on any atom is 0.276 e. The zero-order chi connectivity index (χ0) is 21.4. The molecular formula is C22H16BrN7O. The molecule has 5 rings (SSSR count). The lowest BCUT2D eigenvalue weighted by atomic mass is 10.2. The van der Waals surface area contributed by atoms with E-state index < -0.39 is 0 Å². The number of aryl methyl sites for hydroxylation is 1. The summed E-state index contributed by atoms with van der Waals surface area (Å²) in [6, 6.07) is 18.6. The van der Waals surface area contributed by atoms with Crippen molar-refractivity contribution in [1.82, 2.24) is 29.4 Å². The molecule has 4 aromatic heterocycles. The largest absolute Gasteiger partial charge is 0.321 e. The van der Waals surface area contributed by atoms with E-state index in [1.54, 1.807) is 15.3 Å². The molecular weight excluding hydrogens is 458 g/mol. The first-order chi connectivity index (χ1) is 15.1. The van der Waals surface area contributed by atoms with Gasteiger partial charge in [-0.1, -0.05) is 22.0 Å². The van der Waals surface area contributed by atoms with Gasteiger partial charge in [-0.3, -0.25) is 4.79 Å². The second-order valence-electron chi connectivity index (χ2n) is 6.91.